The standard InChI is InChI=1S/C25H44N2O5Si2/c1-24(2,3)33(7,8)29-15-18-19(32-34(9,10)25(4,5)6)20-22(30-18)27-21(28)16-13-11-12-14-17(16)26-23(27)31-20/h18-20,22H,11-15H2,1-10H3/t18-,19-,20+,22-/m0/s1. The summed E-state index contributed by atoms with van der Waals surface area (Å²) >= 11 is 0. The van der Waals surface area contributed by atoms with Crippen LogP contribution in [0.2, 0.25) is 36.3 Å². The maximum atomic E-state index is 13.5. The minimum atomic E-state index is -2.14. The Bertz CT molecular complexity index is 993. The van der Waals surface area contributed by atoms with Crippen molar-refractivity contribution in [2.75, 3.05) is 6.61 Å². The van der Waals surface area contributed by atoms with Gasteiger partial charge in [-0.15, -0.1) is 0 Å². The lowest BCUT2D eigenvalue weighted by Gasteiger charge is -2.41. The van der Waals surface area contributed by atoms with Crippen molar-refractivity contribution in [2.45, 2.75) is 128 Å². The monoisotopic (exact) mass is 508 g/mol. The van der Waals surface area contributed by atoms with Gasteiger partial charge in [-0.25, -0.2) is 9.55 Å². The molecule has 0 aromatic carbocycles. The Balaban J connectivity index is 1.66. The van der Waals surface area contributed by atoms with Crippen molar-refractivity contribution in [3.8, 4) is 6.01 Å². The van der Waals surface area contributed by atoms with Crippen LogP contribution in [0.3, 0.4) is 0 Å². The molecule has 192 valence electrons. The van der Waals surface area contributed by atoms with Crippen molar-refractivity contribution in [3.05, 3.63) is 21.6 Å². The van der Waals surface area contributed by atoms with Gasteiger partial charge in [0.25, 0.3) is 5.56 Å². The summed E-state index contributed by atoms with van der Waals surface area (Å²) < 4.78 is 28.0. The van der Waals surface area contributed by atoms with E-state index in [0.29, 0.717) is 12.6 Å². The summed E-state index contributed by atoms with van der Waals surface area (Å²) in [5.74, 6) is 0. The van der Waals surface area contributed by atoms with E-state index in [1.165, 1.54) is 0 Å². The number of hydrogen-bond donors (Lipinski definition) is 0. The van der Waals surface area contributed by atoms with Gasteiger partial charge in [0.2, 0.25) is 0 Å². The van der Waals surface area contributed by atoms with Crippen molar-refractivity contribution in [1.82, 2.24) is 9.55 Å². The first kappa shape index (κ1) is 26.1. The third kappa shape index (κ3) is 4.47. The van der Waals surface area contributed by atoms with E-state index >= 15 is 0 Å². The Morgan fingerprint density at radius 3 is 2.24 bits per heavy atom. The number of ether oxygens (including phenoxy) is 2. The van der Waals surface area contributed by atoms with E-state index in [1.54, 1.807) is 4.57 Å². The Kier molecular flexibility index (Phi) is 6.55. The first-order valence-electron chi connectivity index (χ1n) is 12.8. The molecule has 0 N–H and O–H groups in total. The van der Waals surface area contributed by atoms with E-state index in [-0.39, 0.29) is 27.8 Å². The predicted octanol–water partition coefficient (Wildman–Crippen LogP) is 5.19. The first-order valence-corrected chi connectivity index (χ1v) is 18.6. The topological polar surface area (TPSA) is 71.8 Å². The molecule has 2 aliphatic heterocycles. The second-order valence-corrected chi connectivity index (χ2v) is 22.8. The molecular weight excluding hydrogens is 464 g/mol. The maximum Gasteiger partial charge on any atom is 0.302 e. The Morgan fingerprint density at radius 2 is 1.62 bits per heavy atom. The molecule has 7 nitrogen and oxygen atoms in total. The predicted molar refractivity (Wildman–Crippen MR) is 139 cm³/mol. The lowest BCUT2D eigenvalue weighted by Crippen LogP contribution is -2.51. The molecule has 1 aromatic heterocycles. The molecular formula is C25H44N2O5Si2. The zero-order valence-corrected chi connectivity index (χ0v) is 24.8. The van der Waals surface area contributed by atoms with E-state index in [9.17, 15) is 4.79 Å². The first-order chi connectivity index (χ1) is 15.5. The molecule has 0 saturated carbocycles. The van der Waals surface area contributed by atoms with Gasteiger partial charge < -0.3 is 18.3 Å². The summed E-state index contributed by atoms with van der Waals surface area (Å²) in [5.41, 5.74) is 1.71. The molecule has 1 saturated heterocycles. The fourth-order valence-electron chi connectivity index (χ4n) is 4.42. The van der Waals surface area contributed by atoms with E-state index in [4.69, 9.17) is 23.3 Å². The molecule has 9 heteroatoms. The van der Waals surface area contributed by atoms with E-state index in [1.807, 2.05) is 0 Å². The quantitative estimate of drug-likeness (QED) is 0.510. The maximum absolute atomic E-state index is 13.5. The van der Waals surface area contributed by atoms with Crippen LogP contribution in [0.1, 0.15) is 71.9 Å². The van der Waals surface area contributed by atoms with Crippen LogP contribution >= 0.6 is 0 Å². The van der Waals surface area contributed by atoms with Crippen molar-refractivity contribution in [2.24, 2.45) is 0 Å². The van der Waals surface area contributed by atoms with Crippen LogP contribution in [0.5, 0.6) is 6.01 Å². The van der Waals surface area contributed by atoms with Crippen LogP contribution in [0.4, 0.5) is 0 Å². The Labute approximate surface area is 206 Å². The minimum absolute atomic E-state index is 0.00996. The zero-order valence-electron chi connectivity index (χ0n) is 22.8. The molecule has 0 spiro atoms. The number of fused-ring (bicyclic) bond motifs is 4. The number of aryl methyl sites for hydroxylation is 1. The fourth-order valence-corrected chi connectivity index (χ4v) is 6.75. The average Bonchev–Trinajstić information content (AvgIpc) is 3.21. The molecule has 0 radical (unpaired) electrons. The molecule has 4 atom stereocenters. The molecule has 4 rings (SSSR count). The summed E-state index contributed by atoms with van der Waals surface area (Å²) in [6.07, 6.45) is 2.18. The van der Waals surface area contributed by atoms with E-state index in [0.717, 1.165) is 36.9 Å². The molecule has 34 heavy (non-hydrogen) atoms. The summed E-state index contributed by atoms with van der Waals surface area (Å²) in [4.78, 5) is 18.2. The zero-order chi connectivity index (χ0) is 25.3. The second-order valence-electron chi connectivity index (χ2n) is 13.3. The molecule has 1 aliphatic carbocycles. The molecule has 0 unspecified atom stereocenters. The highest BCUT2D eigenvalue weighted by Crippen LogP contribution is 2.46. The van der Waals surface area contributed by atoms with Crippen LogP contribution in [-0.4, -0.2) is 51.1 Å². The third-order valence-electron chi connectivity index (χ3n) is 8.79. The SMILES string of the molecule is CC(C)(C)[Si](C)(C)OC[C@@H]1O[C@H]2[C@H](Oc3nc4c(c(=O)n32)CCCC4)[C@H]1O[Si](C)(C)C(C)(C)C. The van der Waals surface area contributed by atoms with E-state index in [2.05, 4.69) is 67.7 Å². The number of rotatable bonds is 5. The lowest BCUT2D eigenvalue weighted by molar-refractivity contribution is -0.0395. The van der Waals surface area contributed by atoms with Gasteiger partial charge in [-0.05, 0) is 61.9 Å². The van der Waals surface area contributed by atoms with Crippen LogP contribution in [-0.2, 0) is 26.4 Å². The van der Waals surface area contributed by atoms with Crippen LogP contribution < -0.4 is 10.3 Å². The van der Waals surface area contributed by atoms with Gasteiger partial charge in [0.15, 0.2) is 29.0 Å². The van der Waals surface area contributed by atoms with Gasteiger partial charge >= 0.3 is 6.01 Å². The smallest absolute Gasteiger partial charge is 0.302 e. The highest BCUT2D eigenvalue weighted by molar-refractivity contribution is 6.74. The molecule has 1 aromatic rings. The minimum Gasteiger partial charge on any atom is -0.454 e. The number of nitrogens with zero attached hydrogens (tertiary/aromatic N) is 2. The van der Waals surface area contributed by atoms with Gasteiger partial charge in [0, 0.05) is 5.56 Å². The average molecular weight is 509 g/mol. The largest absolute Gasteiger partial charge is 0.454 e. The van der Waals surface area contributed by atoms with E-state index < -0.39 is 29.0 Å². The Hall–Kier alpha value is -1.01. The lowest BCUT2D eigenvalue weighted by atomic mass is 9.97. The highest BCUT2D eigenvalue weighted by atomic mass is 28.4. The normalized spacial score (nSPS) is 27.2. The van der Waals surface area contributed by atoms with Crippen LogP contribution in [0.15, 0.2) is 4.79 Å². The molecule has 0 amide bonds. The molecule has 3 heterocycles. The summed E-state index contributed by atoms with van der Waals surface area (Å²) in [6, 6.07) is 0.383. The van der Waals surface area contributed by atoms with Crippen LogP contribution in [0, 0.1) is 0 Å². The van der Waals surface area contributed by atoms with Gasteiger partial charge in [-0.3, -0.25) is 4.79 Å². The van der Waals surface area contributed by atoms with Crippen molar-refractivity contribution >= 4 is 16.6 Å². The van der Waals surface area contributed by atoms with Crippen molar-refractivity contribution in [3.63, 3.8) is 0 Å². The third-order valence-corrected chi connectivity index (χ3v) is 17.8. The van der Waals surface area contributed by atoms with Gasteiger partial charge in [-0.2, -0.15) is 0 Å². The summed E-state index contributed by atoms with van der Waals surface area (Å²) in [6.45, 7) is 22.8. The van der Waals surface area contributed by atoms with Gasteiger partial charge in [0.1, 0.15) is 12.2 Å². The second kappa shape index (κ2) is 8.54. The Morgan fingerprint density at radius 1 is 1.00 bits per heavy atom. The highest BCUT2D eigenvalue weighted by Gasteiger charge is 2.56. The summed E-state index contributed by atoms with van der Waals surface area (Å²) in [7, 11) is -4.12. The number of hydrogen-bond acceptors (Lipinski definition) is 6. The summed E-state index contributed by atoms with van der Waals surface area (Å²) in [5, 5.41) is 0.135. The fraction of sp³-hybridized carbons (Fsp3) is 0.840. The van der Waals surface area contributed by atoms with Gasteiger partial charge in [-0.1, -0.05) is 41.5 Å². The van der Waals surface area contributed by atoms with Crippen molar-refractivity contribution in [1.29, 1.82) is 0 Å². The molecule has 3 aliphatic rings. The van der Waals surface area contributed by atoms with Gasteiger partial charge in [0.05, 0.1) is 12.3 Å². The van der Waals surface area contributed by atoms with Crippen LogP contribution in [0.25, 0.3) is 0 Å². The molecule has 0 bridgehead atoms. The van der Waals surface area contributed by atoms with Crippen molar-refractivity contribution < 1.29 is 18.3 Å². The molecule has 1 fully saturated rings. The number of aromatic nitrogens is 2.